The van der Waals surface area contributed by atoms with Crippen molar-refractivity contribution in [3.05, 3.63) is 10.0 Å². The lowest BCUT2D eigenvalue weighted by atomic mass is 10.0. The third kappa shape index (κ3) is 3.47. The highest BCUT2D eigenvalue weighted by Crippen LogP contribution is 2.30. The summed E-state index contributed by atoms with van der Waals surface area (Å²) in [6, 6.07) is 0.320. The summed E-state index contributed by atoms with van der Waals surface area (Å²) in [6.07, 6.45) is 3.33. The van der Waals surface area contributed by atoms with Gasteiger partial charge in [0.1, 0.15) is 10.0 Å². The largest absolute Gasteiger partial charge is 0.381 e. The minimum absolute atomic E-state index is 0.320. The summed E-state index contributed by atoms with van der Waals surface area (Å²) < 4.78 is 5.37. The number of nitrogens with one attached hydrogen (secondary N) is 1. The molecule has 1 aromatic heterocycles. The zero-order chi connectivity index (χ0) is 12.1. The normalized spacial score (nSPS) is 19.4. The summed E-state index contributed by atoms with van der Waals surface area (Å²) in [5, 5.41) is 14.4. The number of nitrogens with zero attached hydrogens (tertiary/aromatic N) is 2. The molecule has 2 heterocycles. The minimum Gasteiger partial charge on any atom is -0.381 e. The van der Waals surface area contributed by atoms with Gasteiger partial charge in [0.25, 0.3) is 0 Å². The second-order valence-corrected chi connectivity index (χ2v) is 5.58. The van der Waals surface area contributed by atoms with Crippen LogP contribution in [0.5, 0.6) is 0 Å². The molecule has 96 valence electrons. The maximum atomic E-state index is 5.37. The molecule has 0 amide bonds. The molecule has 0 spiro atoms. The Balaban J connectivity index is 1.94. The second-order valence-electron chi connectivity index (χ2n) is 4.54. The molecule has 0 saturated carbocycles. The van der Waals surface area contributed by atoms with Crippen LogP contribution >= 0.6 is 11.3 Å². The SMILES string of the molecule is CCCNC(C)c1nnc(C2CCOCC2)s1. The number of ether oxygens (including phenoxy) is 1. The smallest absolute Gasteiger partial charge is 0.134 e. The molecule has 0 bridgehead atoms. The standard InChI is InChI=1S/C12H21N3OS/c1-3-6-13-9(2)11-14-15-12(17-11)10-4-7-16-8-5-10/h9-10,13H,3-8H2,1-2H3. The highest BCUT2D eigenvalue weighted by Gasteiger charge is 2.21. The van der Waals surface area contributed by atoms with E-state index in [1.54, 1.807) is 11.3 Å². The van der Waals surface area contributed by atoms with Gasteiger partial charge in [0.15, 0.2) is 0 Å². The Kier molecular flexibility index (Phi) is 4.88. The van der Waals surface area contributed by atoms with E-state index in [4.69, 9.17) is 4.74 Å². The maximum Gasteiger partial charge on any atom is 0.134 e. The summed E-state index contributed by atoms with van der Waals surface area (Å²) in [4.78, 5) is 0. The topological polar surface area (TPSA) is 47.0 Å². The maximum absolute atomic E-state index is 5.37. The van der Waals surface area contributed by atoms with Gasteiger partial charge in [-0.05, 0) is 32.7 Å². The lowest BCUT2D eigenvalue weighted by Gasteiger charge is -2.19. The molecule has 1 saturated heterocycles. The van der Waals surface area contributed by atoms with Crippen LogP contribution < -0.4 is 5.32 Å². The Hall–Kier alpha value is -0.520. The minimum atomic E-state index is 0.320. The molecule has 5 heteroatoms. The van der Waals surface area contributed by atoms with Gasteiger partial charge < -0.3 is 10.1 Å². The summed E-state index contributed by atoms with van der Waals surface area (Å²) in [7, 11) is 0. The van der Waals surface area contributed by atoms with Crippen molar-refractivity contribution in [2.24, 2.45) is 0 Å². The summed E-state index contributed by atoms with van der Waals surface area (Å²) in [5.74, 6) is 0.563. The quantitative estimate of drug-likeness (QED) is 0.878. The molecule has 0 aromatic carbocycles. The predicted octanol–water partition coefficient (Wildman–Crippen LogP) is 2.49. The van der Waals surface area contributed by atoms with E-state index in [1.807, 2.05) is 0 Å². The van der Waals surface area contributed by atoms with Crippen molar-refractivity contribution in [3.8, 4) is 0 Å². The average molecular weight is 255 g/mol. The lowest BCUT2D eigenvalue weighted by Crippen LogP contribution is -2.19. The van der Waals surface area contributed by atoms with Gasteiger partial charge in [-0.1, -0.05) is 18.3 Å². The van der Waals surface area contributed by atoms with Crippen LogP contribution in [0.4, 0.5) is 0 Å². The Labute approximate surface area is 107 Å². The van der Waals surface area contributed by atoms with Crippen LogP contribution in [-0.2, 0) is 4.74 Å². The predicted molar refractivity (Wildman–Crippen MR) is 69.4 cm³/mol. The number of hydrogen-bond donors (Lipinski definition) is 1. The first-order valence-corrected chi connectivity index (χ1v) is 7.27. The fourth-order valence-corrected chi connectivity index (χ4v) is 3.02. The van der Waals surface area contributed by atoms with Gasteiger partial charge in [-0.25, -0.2) is 0 Å². The van der Waals surface area contributed by atoms with Gasteiger partial charge >= 0.3 is 0 Å². The Morgan fingerprint density at radius 2 is 2.18 bits per heavy atom. The molecule has 0 aliphatic carbocycles. The van der Waals surface area contributed by atoms with Crippen LogP contribution in [0.1, 0.15) is 55.1 Å². The van der Waals surface area contributed by atoms with E-state index in [9.17, 15) is 0 Å². The number of rotatable bonds is 5. The van der Waals surface area contributed by atoms with E-state index in [0.717, 1.165) is 44.0 Å². The van der Waals surface area contributed by atoms with Gasteiger partial charge in [0, 0.05) is 19.1 Å². The molecule has 1 atom stereocenters. The van der Waals surface area contributed by atoms with E-state index < -0.39 is 0 Å². The van der Waals surface area contributed by atoms with E-state index in [0.29, 0.717) is 12.0 Å². The molecule has 2 rings (SSSR count). The molecule has 4 nitrogen and oxygen atoms in total. The van der Waals surface area contributed by atoms with Gasteiger partial charge in [-0.3, -0.25) is 0 Å². The molecular formula is C12H21N3OS. The Morgan fingerprint density at radius 3 is 2.88 bits per heavy atom. The van der Waals surface area contributed by atoms with Crippen molar-refractivity contribution in [1.29, 1.82) is 0 Å². The van der Waals surface area contributed by atoms with Gasteiger partial charge in [0.05, 0.1) is 6.04 Å². The molecule has 1 aliphatic rings. The molecule has 1 fully saturated rings. The number of hydrogen-bond acceptors (Lipinski definition) is 5. The Bertz CT molecular complexity index is 336. The van der Waals surface area contributed by atoms with Crippen molar-refractivity contribution >= 4 is 11.3 Å². The first kappa shape index (κ1) is 12.9. The van der Waals surface area contributed by atoms with E-state index >= 15 is 0 Å². The van der Waals surface area contributed by atoms with Crippen molar-refractivity contribution < 1.29 is 4.74 Å². The Morgan fingerprint density at radius 1 is 1.41 bits per heavy atom. The highest BCUT2D eigenvalue weighted by molar-refractivity contribution is 7.11. The van der Waals surface area contributed by atoms with Gasteiger partial charge in [-0.2, -0.15) is 0 Å². The first-order chi connectivity index (χ1) is 8.31. The van der Waals surface area contributed by atoms with Crippen molar-refractivity contribution in [2.75, 3.05) is 19.8 Å². The fourth-order valence-electron chi connectivity index (χ4n) is 1.98. The summed E-state index contributed by atoms with van der Waals surface area (Å²) in [6.45, 7) is 7.09. The van der Waals surface area contributed by atoms with Crippen molar-refractivity contribution in [3.63, 3.8) is 0 Å². The molecule has 1 N–H and O–H groups in total. The zero-order valence-corrected chi connectivity index (χ0v) is 11.4. The van der Waals surface area contributed by atoms with E-state index in [1.165, 1.54) is 5.01 Å². The first-order valence-electron chi connectivity index (χ1n) is 6.45. The van der Waals surface area contributed by atoms with Crippen molar-refractivity contribution in [2.45, 2.75) is 45.1 Å². The molecule has 17 heavy (non-hydrogen) atoms. The van der Waals surface area contributed by atoms with Crippen LogP contribution in [-0.4, -0.2) is 30.0 Å². The highest BCUT2D eigenvalue weighted by atomic mass is 32.1. The second kappa shape index (κ2) is 6.42. The molecule has 1 unspecified atom stereocenters. The molecular weight excluding hydrogens is 234 g/mol. The molecule has 1 aromatic rings. The molecule has 1 aliphatic heterocycles. The average Bonchev–Trinajstić information content (AvgIpc) is 2.86. The summed E-state index contributed by atoms with van der Waals surface area (Å²) >= 11 is 1.76. The third-order valence-corrected chi connectivity index (χ3v) is 4.37. The van der Waals surface area contributed by atoms with Gasteiger partial charge in [-0.15, -0.1) is 10.2 Å². The van der Waals surface area contributed by atoms with Crippen LogP contribution in [0.25, 0.3) is 0 Å². The van der Waals surface area contributed by atoms with E-state index in [-0.39, 0.29) is 0 Å². The third-order valence-electron chi connectivity index (χ3n) is 3.10. The van der Waals surface area contributed by atoms with Crippen LogP contribution in [0.15, 0.2) is 0 Å². The monoisotopic (exact) mass is 255 g/mol. The fraction of sp³-hybridized carbons (Fsp3) is 0.833. The van der Waals surface area contributed by atoms with Crippen LogP contribution in [0.2, 0.25) is 0 Å². The van der Waals surface area contributed by atoms with E-state index in [2.05, 4.69) is 29.4 Å². The molecule has 0 radical (unpaired) electrons. The summed E-state index contributed by atoms with van der Waals surface area (Å²) in [5.41, 5.74) is 0. The lowest BCUT2D eigenvalue weighted by molar-refractivity contribution is 0.0851. The van der Waals surface area contributed by atoms with Gasteiger partial charge in [0.2, 0.25) is 0 Å². The van der Waals surface area contributed by atoms with Crippen LogP contribution in [0.3, 0.4) is 0 Å². The number of aromatic nitrogens is 2. The van der Waals surface area contributed by atoms with Crippen LogP contribution in [0, 0.1) is 0 Å². The zero-order valence-electron chi connectivity index (χ0n) is 10.6. The van der Waals surface area contributed by atoms with Crippen molar-refractivity contribution in [1.82, 2.24) is 15.5 Å².